The Morgan fingerprint density at radius 3 is 2.79 bits per heavy atom. The highest BCUT2D eigenvalue weighted by Crippen LogP contribution is 2.27. The van der Waals surface area contributed by atoms with E-state index in [1.807, 2.05) is 0 Å². The molecule has 0 unspecified atom stereocenters. The Bertz CT molecular complexity index is 993. The van der Waals surface area contributed by atoms with Crippen molar-refractivity contribution in [2.24, 2.45) is 0 Å². The fourth-order valence-corrected chi connectivity index (χ4v) is 4.68. The molecule has 0 atom stereocenters. The average Bonchev–Trinajstić information content (AvgIpc) is 3.33. The summed E-state index contributed by atoms with van der Waals surface area (Å²) in [4.78, 5) is 7.48. The van der Waals surface area contributed by atoms with Crippen LogP contribution in [0.2, 0.25) is 0 Å². The number of fused-ring (bicyclic) bond motifs is 2. The van der Waals surface area contributed by atoms with Crippen molar-refractivity contribution in [3.63, 3.8) is 0 Å². The first-order chi connectivity index (χ1) is 14.3. The van der Waals surface area contributed by atoms with E-state index >= 15 is 0 Å². The van der Waals surface area contributed by atoms with Gasteiger partial charge in [-0.1, -0.05) is 42.5 Å². The molecule has 0 fully saturated rings. The molecule has 2 aliphatic rings. The van der Waals surface area contributed by atoms with Crippen LogP contribution in [-0.2, 0) is 38.9 Å². The Hall–Kier alpha value is -2.59. The molecular weight excluding hydrogens is 358 g/mol. The molecule has 0 N–H and O–H groups in total. The lowest BCUT2D eigenvalue weighted by atomic mass is 10.1. The summed E-state index contributed by atoms with van der Waals surface area (Å²) in [5.41, 5.74) is 6.77. The van der Waals surface area contributed by atoms with Crippen molar-refractivity contribution in [1.29, 1.82) is 0 Å². The van der Waals surface area contributed by atoms with Crippen molar-refractivity contribution >= 4 is 0 Å². The van der Waals surface area contributed by atoms with Gasteiger partial charge in [0.25, 0.3) is 0 Å². The molecule has 1 aromatic heterocycles. The lowest BCUT2D eigenvalue weighted by Gasteiger charge is -2.29. The van der Waals surface area contributed by atoms with E-state index in [1.165, 1.54) is 33.9 Å². The largest absolute Gasteiger partial charge is 0.493 e. The minimum Gasteiger partial charge on any atom is -0.493 e. The second-order valence-corrected chi connectivity index (χ2v) is 8.30. The minimum absolute atomic E-state index is 0.827. The molecule has 0 spiro atoms. The van der Waals surface area contributed by atoms with E-state index in [9.17, 15) is 0 Å². The molecular formula is C25H29N3O. The molecule has 0 bridgehead atoms. The zero-order chi connectivity index (χ0) is 19.6. The Balaban J connectivity index is 1.23. The van der Waals surface area contributed by atoms with E-state index in [0.717, 1.165) is 64.2 Å². The van der Waals surface area contributed by atoms with E-state index in [4.69, 9.17) is 9.72 Å². The fourth-order valence-electron chi connectivity index (χ4n) is 4.68. The van der Waals surface area contributed by atoms with Crippen molar-refractivity contribution in [3.05, 3.63) is 82.4 Å². The molecule has 0 radical (unpaired) electrons. The quantitative estimate of drug-likeness (QED) is 0.631. The summed E-state index contributed by atoms with van der Waals surface area (Å²) in [6.45, 7) is 7.12. The van der Waals surface area contributed by atoms with Gasteiger partial charge in [0.05, 0.1) is 18.0 Å². The van der Waals surface area contributed by atoms with Gasteiger partial charge in [0.2, 0.25) is 0 Å². The van der Waals surface area contributed by atoms with Gasteiger partial charge in [-0.3, -0.25) is 4.90 Å². The molecule has 0 amide bonds. The molecule has 4 nitrogen and oxygen atoms in total. The number of aromatic nitrogens is 2. The first-order valence-electron chi connectivity index (χ1n) is 10.8. The zero-order valence-electron chi connectivity index (χ0n) is 17.2. The molecule has 2 aliphatic heterocycles. The van der Waals surface area contributed by atoms with E-state index in [-0.39, 0.29) is 0 Å². The van der Waals surface area contributed by atoms with Gasteiger partial charge in [-0.05, 0) is 42.5 Å². The Kier molecular flexibility index (Phi) is 5.11. The summed E-state index contributed by atoms with van der Waals surface area (Å²) in [5, 5.41) is 0. The summed E-state index contributed by atoms with van der Waals surface area (Å²) in [6, 6.07) is 17.5. The number of aryl methyl sites for hydroxylation is 3. The fraction of sp³-hybridized carbons (Fsp3) is 0.400. The van der Waals surface area contributed by atoms with Gasteiger partial charge >= 0.3 is 0 Å². The van der Waals surface area contributed by atoms with E-state index in [2.05, 4.69) is 64.9 Å². The van der Waals surface area contributed by atoms with Gasteiger partial charge in [0.1, 0.15) is 11.6 Å². The third-order valence-electron chi connectivity index (χ3n) is 6.23. The van der Waals surface area contributed by atoms with Crippen molar-refractivity contribution in [3.8, 4) is 5.75 Å². The standard InChI is InChI=1S/C25H29N3O/c1-19-23-18-27(17-21-10-11-24-22(16-21)12-15-29-24)13-14-28(23)25(26-19)9-5-8-20-6-3-2-4-7-20/h2-4,6-7,10-11,16H,5,8-9,12-15,17-18H2,1H3. The number of rotatable bonds is 6. The van der Waals surface area contributed by atoms with Crippen LogP contribution in [0.25, 0.3) is 0 Å². The normalized spacial score (nSPS) is 15.8. The summed E-state index contributed by atoms with van der Waals surface area (Å²) >= 11 is 0. The average molecular weight is 388 g/mol. The van der Waals surface area contributed by atoms with Crippen LogP contribution in [-0.4, -0.2) is 27.6 Å². The molecule has 2 aromatic carbocycles. The van der Waals surface area contributed by atoms with E-state index in [1.54, 1.807) is 0 Å². The maximum atomic E-state index is 5.64. The van der Waals surface area contributed by atoms with E-state index in [0.29, 0.717) is 0 Å². The number of benzene rings is 2. The molecule has 0 saturated carbocycles. The topological polar surface area (TPSA) is 30.3 Å². The van der Waals surface area contributed by atoms with Gasteiger partial charge in [-0.15, -0.1) is 0 Å². The second kappa shape index (κ2) is 8.03. The van der Waals surface area contributed by atoms with Crippen LogP contribution in [0.4, 0.5) is 0 Å². The first-order valence-corrected chi connectivity index (χ1v) is 10.8. The van der Waals surface area contributed by atoms with Crippen LogP contribution < -0.4 is 4.74 Å². The third-order valence-corrected chi connectivity index (χ3v) is 6.23. The lowest BCUT2D eigenvalue weighted by Crippen LogP contribution is -2.34. The maximum absolute atomic E-state index is 5.64. The molecule has 5 rings (SSSR count). The van der Waals surface area contributed by atoms with Crippen molar-refractivity contribution in [2.45, 2.75) is 52.2 Å². The van der Waals surface area contributed by atoms with Gasteiger partial charge in [0, 0.05) is 39.0 Å². The highest BCUT2D eigenvalue weighted by atomic mass is 16.5. The predicted octanol–water partition coefficient (Wildman–Crippen LogP) is 4.32. The van der Waals surface area contributed by atoms with Crippen LogP contribution in [0.3, 0.4) is 0 Å². The molecule has 150 valence electrons. The zero-order valence-corrected chi connectivity index (χ0v) is 17.2. The van der Waals surface area contributed by atoms with Gasteiger partial charge in [-0.2, -0.15) is 0 Å². The predicted molar refractivity (Wildman–Crippen MR) is 115 cm³/mol. The maximum Gasteiger partial charge on any atom is 0.122 e. The molecule has 0 saturated heterocycles. The highest BCUT2D eigenvalue weighted by Gasteiger charge is 2.22. The van der Waals surface area contributed by atoms with Crippen LogP contribution in [0.15, 0.2) is 48.5 Å². The Morgan fingerprint density at radius 2 is 1.90 bits per heavy atom. The summed E-state index contributed by atoms with van der Waals surface area (Å²) in [6.07, 6.45) is 4.37. The van der Waals surface area contributed by atoms with Crippen LogP contribution in [0.5, 0.6) is 5.75 Å². The summed E-state index contributed by atoms with van der Waals surface area (Å²) in [5.74, 6) is 2.34. The van der Waals surface area contributed by atoms with Crippen molar-refractivity contribution < 1.29 is 4.74 Å². The van der Waals surface area contributed by atoms with Crippen LogP contribution >= 0.6 is 0 Å². The number of hydrogen-bond donors (Lipinski definition) is 0. The van der Waals surface area contributed by atoms with Gasteiger partial charge in [0.15, 0.2) is 0 Å². The Morgan fingerprint density at radius 1 is 1.00 bits per heavy atom. The van der Waals surface area contributed by atoms with Crippen LogP contribution in [0, 0.1) is 6.92 Å². The minimum atomic E-state index is 0.827. The summed E-state index contributed by atoms with van der Waals surface area (Å²) < 4.78 is 8.12. The highest BCUT2D eigenvalue weighted by molar-refractivity contribution is 5.39. The van der Waals surface area contributed by atoms with Crippen LogP contribution in [0.1, 0.15) is 40.3 Å². The number of imidazole rings is 1. The monoisotopic (exact) mass is 387 g/mol. The van der Waals surface area contributed by atoms with Crippen molar-refractivity contribution in [2.75, 3.05) is 13.2 Å². The number of ether oxygens (including phenoxy) is 1. The molecule has 0 aliphatic carbocycles. The molecule has 4 heteroatoms. The SMILES string of the molecule is Cc1nc(CCCc2ccccc2)n2c1CN(Cc1ccc3c(c1)CCO3)CC2. The van der Waals surface area contributed by atoms with Gasteiger partial charge < -0.3 is 9.30 Å². The molecule has 3 heterocycles. The lowest BCUT2D eigenvalue weighted by molar-refractivity contribution is 0.210. The van der Waals surface area contributed by atoms with Gasteiger partial charge in [-0.25, -0.2) is 4.98 Å². The summed E-state index contributed by atoms with van der Waals surface area (Å²) in [7, 11) is 0. The molecule has 3 aromatic rings. The van der Waals surface area contributed by atoms with Crippen molar-refractivity contribution in [1.82, 2.24) is 14.5 Å². The third kappa shape index (κ3) is 3.95. The molecule has 29 heavy (non-hydrogen) atoms. The van der Waals surface area contributed by atoms with E-state index < -0.39 is 0 Å². The first kappa shape index (κ1) is 18.4. The Labute approximate surface area is 173 Å². The smallest absolute Gasteiger partial charge is 0.122 e. The number of hydrogen-bond acceptors (Lipinski definition) is 3. The number of nitrogens with zero attached hydrogens (tertiary/aromatic N) is 3. The second-order valence-electron chi connectivity index (χ2n) is 8.30.